The summed E-state index contributed by atoms with van der Waals surface area (Å²) in [6.45, 7) is 0. The van der Waals surface area contributed by atoms with Gasteiger partial charge in [0.05, 0.1) is 0 Å². The standard InChI is InChI=1S/C5HCl3N2O/c6-2-1-3(7)10-5(9-2)4(8)11/h1H. The van der Waals surface area contributed by atoms with Crippen molar-refractivity contribution in [3.8, 4) is 0 Å². The predicted octanol–water partition coefficient (Wildman–Crippen LogP) is 2.16. The molecule has 1 heterocycles. The third-order valence-corrected chi connectivity index (χ3v) is 1.40. The Bertz CT molecular complexity index is 282. The molecule has 0 unspecified atom stereocenters. The van der Waals surface area contributed by atoms with E-state index in [-0.39, 0.29) is 16.1 Å². The van der Waals surface area contributed by atoms with Gasteiger partial charge in [-0.1, -0.05) is 23.2 Å². The van der Waals surface area contributed by atoms with Gasteiger partial charge in [-0.3, -0.25) is 4.79 Å². The van der Waals surface area contributed by atoms with Crippen LogP contribution in [-0.2, 0) is 0 Å². The zero-order valence-electron chi connectivity index (χ0n) is 5.01. The quantitative estimate of drug-likeness (QED) is 0.528. The van der Waals surface area contributed by atoms with Gasteiger partial charge in [0.1, 0.15) is 10.3 Å². The first-order valence-electron chi connectivity index (χ1n) is 2.49. The summed E-state index contributed by atoms with van der Waals surface area (Å²) in [5.41, 5.74) is 0. The van der Waals surface area contributed by atoms with Gasteiger partial charge >= 0.3 is 0 Å². The summed E-state index contributed by atoms with van der Waals surface area (Å²) in [6, 6.07) is 1.31. The van der Waals surface area contributed by atoms with Crippen LogP contribution in [0.25, 0.3) is 0 Å². The molecule has 0 N–H and O–H groups in total. The van der Waals surface area contributed by atoms with E-state index in [0.29, 0.717) is 0 Å². The molecular formula is C5HCl3N2O. The monoisotopic (exact) mass is 210 g/mol. The van der Waals surface area contributed by atoms with Crippen LogP contribution < -0.4 is 0 Å². The van der Waals surface area contributed by atoms with Crippen molar-refractivity contribution in [3.05, 3.63) is 22.2 Å². The van der Waals surface area contributed by atoms with E-state index in [9.17, 15) is 4.79 Å². The van der Waals surface area contributed by atoms with Gasteiger partial charge in [0.15, 0.2) is 0 Å². The van der Waals surface area contributed by atoms with Gasteiger partial charge in [0.2, 0.25) is 5.82 Å². The predicted molar refractivity (Wildman–Crippen MR) is 42.2 cm³/mol. The van der Waals surface area contributed by atoms with E-state index in [1.54, 1.807) is 0 Å². The largest absolute Gasteiger partial charge is 0.289 e. The maximum Gasteiger partial charge on any atom is 0.289 e. The van der Waals surface area contributed by atoms with Crippen molar-refractivity contribution in [2.24, 2.45) is 0 Å². The highest BCUT2D eigenvalue weighted by Crippen LogP contribution is 2.12. The molecule has 0 aliphatic carbocycles. The molecule has 1 aromatic rings. The maximum atomic E-state index is 10.5. The number of halogens is 3. The normalized spacial score (nSPS) is 9.73. The van der Waals surface area contributed by atoms with E-state index in [1.807, 2.05) is 0 Å². The van der Waals surface area contributed by atoms with Gasteiger partial charge in [-0.2, -0.15) is 0 Å². The zero-order chi connectivity index (χ0) is 8.43. The molecule has 0 spiro atoms. The smallest absolute Gasteiger partial charge is 0.272 e. The van der Waals surface area contributed by atoms with Crippen molar-refractivity contribution >= 4 is 40.0 Å². The summed E-state index contributed by atoms with van der Waals surface area (Å²) < 4.78 is 0. The van der Waals surface area contributed by atoms with Crippen LogP contribution >= 0.6 is 34.8 Å². The Morgan fingerprint density at radius 1 is 1.27 bits per heavy atom. The molecule has 0 fully saturated rings. The SMILES string of the molecule is O=C(Cl)c1nc(Cl)cc(Cl)n1. The van der Waals surface area contributed by atoms with Crippen LogP contribution in [0.1, 0.15) is 10.6 Å². The highest BCUT2D eigenvalue weighted by Gasteiger charge is 2.07. The van der Waals surface area contributed by atoms with Gasteiger partial charge in [0, 0.05) is 6.07 Å². The average molecular weight is 211 g/mol. The van der Waals surface area contributed by atoms with Crippen LogP contribution in [0.2, 0.25) is 10.3 Å². The first-order chi connectivity index (χ1) is 5.09. The Balaban J connectivity index is 3.19. The lowest BCUT2D eigenvalue weighted by Crippen LogP contribution is -1.98. The van der Waals surface area contributed by atoms with Gasteiger partial charge in [0.25, 0.3) is 5.24 Å². The van der Waals surface area contributed by atoms with Crippen molar-refractivity contribution < 1.29 is 4.79 Å². The molecule has 1 aromatic heterocycles. The van der Waals surface area contributed by atoms with E-state index >= 15 is 0 Å². The Labute approximate surface area is 77.3 Å². The van der Waals surface area contributed by atoms with Crippen LogP contribution in [0.3, 0.4) is 0 Å². The number of hydrogen-bond donors (Lipinski definition) is 0. The van der Waals surface area contributed by atoms with E-state index in [2.05, 4.69) is 9.97 Å². The molecule has 0 aliphatic rings. The number of hydrogen-bond acceptors (Lipinski definition) is 3. The molecule has 0 bridgehead atoms. The molecule has 58 valence electrons. The van der Waals surface area contributed by atoms with Gasteiger partial charge in [-0.25, -0.2) is 9.97 Å². The fourth-order valence-electron chi connectivity index (χ4n) is 0.478. The molecule has 0 saturated carbocycles. The summed E-state index contributed by atoms with van der Waals surface area (Å²) in [7, 11) is 0. The highest BCUT2D eigenvalue weighted by molar-refractivity contribution is 6.67. The third-order valence-electron chi connectivity index (χ3n) is 0.839. The van der Waals surface area contributed by atoms with E-state index in [1.165, 1.54) is 6.07 Å². The number of carbonyl (C=O) groups is 1. The van der Waals surface area contributed by atoms with Crippen LogP contribution in [-0.4, -0.2) is 15.2 Å². The lowest BCUT2D eigenvalue weighted by atomic mass is 10.6. The number of rotatable bonds is 1. The van der Waals surface area contributed by atoms with Crippen LogP contribution in [0, 0.1) is 0 Å². The van der Waals surface area contributed by atoms with Gasteiger partial charge in [-0.15, -0.1) is 0 Å². The number of carbonyl (C=O) groups excluding carboxylic acids is 1. The highest BCUT2D eigenvalue weighted by atomic mass is 35.5. The van der Waals surface area contributed by atoms with E-state index in [0.717, 1.165) is 0 Å². The van der Waals surface area contributed by atoms with Crippen molar-refractivity contribution in [2.75, 3.05) is 0 Å². The summed E-state index contributed by atoms with van der Waals surface area (Å²) in [4.78, 5) is 17.5. The first kappa shape index (κ1) is 8.71. The van der Waals surface area contributed by atoms with Crippen LogP contribution in [0.5, 0.6) is 0 Å². The number of nitrogens with zero attached hydrogens (tertiary/aromatic N) is 2. The second-order valence-electron chi connectivity index (χ2n) is 1.61. The van der Waals surface area contributed by atoms with Crippen molar-refractivity contribution in [2.45, 2.75) is 0 Å². The van der Waals surface area contributed by atoms with Crippen LogP contribution in [0.4, 0.5) is 0 Å². The molecule has 0 aromatic carbocycles. The topological polar surface area (TPSA) is 42.9 Å². The Morgan fingerprint density at radius 3 is 2.09 bits per heavy atom. The minimum atomic E-state index is -0.783. The summed E-state index contributed by atoms with van der Waals surface area (Å²) in [5.74, 6) is -0.191. The molecule has 0 amide bonds. The second-order valence-corrected chi connectivity index (χ2v) is 2.73. The lowest BCUT2D eigenvalue weighted by molar-refractivity contribution is 0.107. The molecule has 0 radical (unpaired) electrons. The molecule has 0 atom stereocenters. The van der Waals surface area contributed by atoms with Crippen molar-refractivity contribution in [3.63, 3.8) is 0 Å². The van der Waals surface area contributed by atoms with E-state index < -0.39 is 5.24 Å². The summed E-state index contributed by atoms with van der Waals surface area (Å²) >= 11 is 16.0. The Kier molecular flexibility index (Phi) is 2.65. The molecular weight excluding hydrogens is 210 g/mol. The van der Waals surface area contributed by atoms with Crippen LogP contribution in [0.15, 0.2) is 6.07 Å². The Morgan fingerprint density at radius 2 is 1.73 bits per heavy atom. The van der Waals surface area contributed by atoms with Crippen molar-refractivity contribution in [1.82, 2.24) is 9.97 Å². The molecule has 3 nitrogen and oxygen atoms in total. The summed E-state index contributed by atoms with van der Waals surface area (Å²) in [6.07, 6.45) is 0. The molecule has 0 saturated heterocycles. The molecule has 11 heavy (non-hydrogen) atoms. The zero-order valence-corrected chi connectivity index (χ0v) is 7.28. The lowest BCUT2D eigenvalue weighted by Gasteiger charge is -1.93. The average Bonchev–Trinajstić information content (AvgIpc) is 1.85. The molecule has 1 rings (SSSR count). The number of aromatic nitrogens is 2. The maximum absolute atomic E-state index is 10.5. The molecule has 6 heteroatoms. The Hall–Kier alpha value is -0.380. The third kappa shape index (κ3) is 2.29. The minimum absolute atomic E-state index is 0.0917. The minimum Gasteiger partial charge on any atom is -0.272 e. The fourth-order valence-corrected chi connectivity index (χ4v) is 0.985. The fraction of sp³-hybridized carbons (Fsp3) is 0. The molecule has 0 aliphatic heterocycles. The van der Waals surface area contributed by atoms with E-state index in [4.69, 9.17) is 34.8 Å². The first-order valence-corrected chi connectivity index (χ1v) is 3.63. The van der Waals surface area contributed by atoms with Gasteiger partial charge < -0.3 is 0 Å². The van der Waals surface area contributed by atoms with Gasteiger partial charge in [-0.05, 0) is 11.6 Å². The summed E-state index contributed by atoms with van der Waals surface area (Å²) in [5, 5.41) is -0.600. The van der Waals surface area contributed by atoms with Crippen molar-refractivity contribution in [1.29, 1.82) is 0 Å². The second kappa shape index (κ2) is 3.34.